The zero-order valence-corrected chi connectivity index (χ0v) is 12.3. The summed E-state index contributed by atoms with van der Waals surface area (Å²) < 4.78 is 1.01. The Hall–Kier alpha value is -0.520. The molecule has 0 spiro atoms. The first-order valence-electron chi connectivity index (χ1n) is 5.29. The third-order valence-corrected chi connectivity index (χ3v) is 3.95. The van der Waals surface area contributed by atoms with Crippen molar-refractivity contribution in [2.45, 2.75) is 17.9 Å². The maximum absolute atomic E-state index is 11.8. The quantitative estimate of drug-likeness (QED) is 0.848. The summed E-state index contributed by atoms with van der Waals surface area (Å²) in [7, 11) is 1.71. The zero-order chi connectivity index (χ0) is 12.8. The van der Waals surface area contributed by atoms with Crippen molar-refractivity contribution in [3.63, 3.8) is 0 Å². The van der Waals surface area contributed by atoms with E-state index in [0.29, 0.717) is 5.75 Å². The van der Waals surface area contributed by atoms with Gasteiger partial charge in [-0.05, 0) is 25.1 Å². The summed E-state index contributed by atoms with van der Waals surface area (Å²) in [5.74, 6) is 0.411. The lowest BCUT2D eigenvalue weighted by Gasteiger charge is -2.22. The summed E-state index contributed by atoms with van der Waals surface area (Å²) in [6, 6.07) is 7.71. The van der Waals surface area contributed by atoms with Gasteiger partial charge >= 0.3 is 0 Å². The fourth-order valence-electron chi connectivity index (χ4n) is 1.17. The predicted octanol–water partition coefficient (Wildman–Crippen LogP) is 2.38. The van der Waals surface area contributed by atoms with Gasteiger partial charge in [0.2, 0.25) is 5.91 Å². The van der Waals surface area contributed by atoms with Crippen LogP contribution in [0.5, 0.6) is 0 Å². The lowest BCUT2D eigenvalue weighted by atomic mass is 10.3. The van der Waals surface area contributed by atoms with E-state index in [1.165, 1.54) is 11.8 Å². The molecule has 1 N–H and O–H groups in total. The number of hydrogen-bond acceptors (Lipinski definition) is 3. The molecule has 0 bridgehead atoms. The van der Waals surface area contributed by atoms with E-state index in [9.17, 15) is 4.79 Å². The molecule has 1 rings (SSSR count). The first-order chi connectivity index (χ1) is 8.04. The van der Waals surface area contributed by atoms with Gasteiger partial charge in [-0.1, -0.05) is 22.0 Å². The average Bonchev–Trinajstić information content (AvgIpc) is 2.34. The summed E-state index contributed by atoms with van der Waals surface area (Å²) in [5.41, 5.74) is 0. The highest BCUT2D eigenvalue weighted by atomic mass is 79.9. The molecule has 0 saturated carbocycles. The van der Waals surface area contributed by atoms with Gasteiger partial charge < -0.3 is 10.0 Å². The number of thioether (sulfide) groups is 1. The lowest BCUT2D eigenvalue weighted by molar-refractivity contribution is -0.129. The Morgan fingerprint density at radius 3 is 2.88 bits per heavy atom. The van der Waals surface area contributed by atoms with Crippen LogP contribution >= 0.6 is 27.7 Å². The lowest BCUT2D eigenvalue weighted by Crippen LogP contribution is -2.38. The van der Waals surface area contributed by atoms with Crippen molar-refractivity contribution in [3.05, 3.63) is 28.7 Å². The van der Waals surface area contributed by atoms with Crippen molar-refractivity contribution in [1.29, 1.82) is 0 Å². The predicted molar refractivity (Wildman–Crippen MR) is 74.2 cm³/mol. The Morgan fingerprint density at radius 2 is 2.29 bits per heavy atom. The Labute approximate surface area is 114 Å². The van der Waals surface area contributed by atoms with Crippen LogP contribution in [-0.2, 0) is 4.79 Å². The number of rotatable bonds is 5. The first kappa shape index (κ1) is 14.5. The molecule has 0 aliphatic carbocycles. The number of likely N-dealkylation sites (N-methyl/N-ethyl adjacent to an activating group) is 1. The number of amides is 1. The number of nitrogens with zero attached hydrogens (tertiary/aromatic N) is 1. The van der Waals surface area contributed by atoms with Crippen LogP contribution in [0, 0.1) is 0 Å². The summed E-state index contributed by atoms with van der Waals surface area (Å²) >= 11 is 4.89. The SMILES string of the molecule is C[C@@H](CO)N(C)C(=O)CSc1cccc(Br)c1. The normalized spacial score (nSPS) is 12.2. The Balaban J connectivity index is 2.48. The molecule has 0 aliphatic rings. The molecule has 1 aromatic rings. The third kappa shape index (κ3) is 4.69. The van der Waals surface area contributed by atoms with Crippen LogP contribution in [0.2, 0.25) is 0 Å². The van der Waals surface area contributed by atoms with Crippen molar-refractivity contribution >= 4 is 33.6 Å². The highest BCUT2D eigenvalue weighted by Gasteiger charge is 2.14. The molecule has 0 heterocycles. The van der Waals surface area contributed by atoms with Crippen LogP contribution in [-0.4, -0.2) is 41.4 Å². The molecule has 1 atom stereocenters. The Bertz CT molecular complexity index is 387. The number of halogens is 1. The van der Waals surface area contributed by atoms with Gasteiger partial charge in [0.25, 0.3) is 0 Å². The molecule has 5 heteroatoms. The second-order valence-electron chi connectivity index (χ2n) is 3.78. The van der Waals surface area contributed by atoms with E-state index in [0.717, 1.165) is 9.37 Å². The molecule has 0 aliphatic heterocycles. The second-order valence-corrected chi connectivity index (χ2v) is 5.75. The zero-order valence-electron chi connectivity index (χ0n) is 9.89. The monoisotopic (exact) mass is 317 g/mol. The van der Waals surface area contributed by atoms with Crippen LogP contribution < -0.4 is 0 Å². The van der Waals surface area contributed by atoms with E-state index >= 15 is 0 Å². The summed E-state index contributed by atoms with van der Waals surface area (Å²) in [4.78, 5) is 14.4. The van der Waals surface area contributed by atoms with E-state index in [4.69, 9.17) is 5.11 Å². The number of carbonyl (C=O) groups is 1. The molecule has 3 nitrogen and oxygen atoms in total. The minimum Gasteiger partial charge on any atom is -0.394 e. The van der Waals surface area contributed by atoms with Crippen LogP contribution in [0.15, 0.2) is 33.6 Å². The van der Waals surface area contributed by atoms with Crippen molar-refractivity contribution in [3.8, 4) is 0 Å². The number of hydrogen-bond donors (Lipinski definition) is 1. The van der Waals surface area contributed by atoms with Crippen LogP contribution in [0.4, 0.5) is 0 Å². The Kier molecular flexibility index (Phi) is 6.02. The molecule has 17 heavy (non-hydrogen) atoms. The Morgan fingerprint density at radius 1 is 1.59 bits per heavy atom. The van der Waals surface area contributed by atoms with Gasteiger partial charge in [0.15, 0.2) is 0 Å². The molecule has 0 saturated heterocycles. The molecule has 94 valence electrons. The summed E-state index contributed by atoms with van der Waals surface area (Å²) in [5, 5.41) is 8.97. The van der Waals surface area contributed by atoms with Crippen molar-refractivity contribution in [2.75, 3.05) is 19.4 Å². The number of aliphatic hydroxyl groups excluding tert-OH is 1. The van der Waals surface area contributed by atoms with Crippen molar-refractivity contribution < 1.29 is 9.90 Å². The second kappa shape index (κ2) is 7.03. The maximum atomic E-state index is 11.8. The standard InChI is InChI=1S/C12H16BrNO2S/c1-9(7-15)14(2)12(16)8-17-11-5-3-4-10(13)6-11/h3-6,9,15H,7-8H2,1-2H3/t9-/m0/s1. The summed E-state index contributed by atoms with van der Waals surface area (Å²) in [6.45, 7) is 1.81. The highest BCUT2D eigenvalue weighted by Crippen LogP contribution is 2.22. The van der Waals surface area contributed by atoms with Gasteiger partial charge in [-0.15, -0.1) is 11.8 Å². The van der Waals surface area contributed by atoms with E-state index in [1.807, 2.05) is 31.2 Å². The van der Waals surface area contributed by atoms with Gasteiger partial charge in [0, 0.05) is 16.4 Å². The van der Waals surface area contributed by atoms with Crippen LogP contribution in [0.1, 0.15) is 6.92 Å². The largest absolute Gasteiger partial charge is 0.394 e. The van der Waals surface area contributed by atoms with Crippen LogP contribution in [0.25, 0.3) is 0 Å². The van der Waals surface area contributed by atoms with Crippen molar-refractivity contribution in [1.82, 2.24) is 4.90 Å². The molecule has 1 aromatic carbocycles. The smallest absolute Gasteiger partial charge is 0.232 e. The molecule has 0 aromatic heterocycles. The minimum absolute atomic E-state index is 0.0101. The first-order valence-corrected chi connectivity index (χ1v) is 7.07. The average molecular weight is 318 g/mol. The fourth-order valence-corrected chi connectivity index (χ4v) is 2.60. The van der Waals surface area contributed by atoms with Crippen LogP contribution in [0.3, 0.4) is 0 Å². The maximum Gasteiger partial charge on any atom is 0.232 e. The molecular weight excluding hydrogens is 302 g/mol. The van der Waals surface area contributed by atoms with Gasteiger partial charge in [0.1, 0.15) is 0 Å². The van der Waals surface area contributed by atoms with Crippen molar-refractivity contribution in [2.24, 2.45) is 0 Å². The third-order valence-electron chi connectivity index (χ3n) is 2.48. The number of aliphatic hydroxyl groups is 1. The van der Waals surface area contributed by atoms with E-state index < -0.39 is 0 Å². The molecule has 1 amide bonds. The van der Waals surface area contributed by atoms with Gasteiger partial charge in [-0.25, -0.2) is 0 Å². The number of benzene rings is 1. The van der Waals surface area contributed by atoms with E-state index in [2.05, 4.69) is 15.9 Å². The molecule has 0 fully saturated rings. The molecular formula is C12H16BrNO2S. The highest BCUT2D eigenvalue weighted by molar-refractivity contribution is 9.10. The molecule has 0 unspecified atom stereocenters. The van der Waals surface area contributed by atoms with Gasteiger partial charge in [-0.2, -0.15) is 0 Å². The van der Waals surface area contributed by atoms with E-state index in [-0.39, 0.29) is 18.6 Å². The van der Waals surface area contributed by atoms with Gasteiger partial charge in [-0.3, -0.25) is 4.79 Å². The fraction of sp³-hybridized carbons (Fsp3) is 0.417. The topological polar surface area (TPSA) is 40.5 Å². The summed E-state index contributed by atoms with van der Waals surface area (Å²) in [6.07, 6.45) is 0. The van der Waals surface area contributed by atoms with Gasteiger partial charge in [0.05, 0.1) is 18.4 Å². The van der Waals surface area contributed by atoms with E-state index in [1.54, 1.807) is 11.9 Å². The molecule has 0 radical (unpaired) electrons. The minimum atomic E-state index is -0.134. The number of carbonyl (C=O) groups excluding carboxylic acids is 1.